The first-order chi connectivity index (χ1) is 16.1. The van der Waals surface area contributed by atoms with Crippen LogP contribution in [0.5, 0.6) is 0 Å². The van der Waals surface area contributed by atoms with Gasteiger partial charge in [0.25, 0.3) is 0 Å². The Hall–Kier alpha value is -2.61. The van der Waals surface area contributed by atoms with Crippen LogP contribution in [0.15, 0.2) is 58.3 Å². The second-order valence-electron chi connectivity index (χ2n) is 8.22. The van der Waals surface area contributed by atoms with E-state index in [1.165, 1.54) is 4.88 Å². The highest BCUT2D eigenvalue weighted by molar-refractivity contribution is 7.09. The van der Waals surface area contributed by atoms with E-state index in [4.69, 9.17) is 16.0 Å². The van der Waals surface area contributed by atoms with Crippen LogP contribution in [-0.2, 0) is 22.6 Å². The molecule has 174 valence electrons. The Labute approximate surface area is 202 Å². The van der Waals surface area contributed by atoms with Crippen LogP contribution in [0.3, 0.4) is 0 Å². The lowest BCUT2D eigenvalue weighted by atomic mass is 9.96. The molecule has 0 unspecified atom stereocenters. The molecule has 6 nitrogen and oxygen atoms in total. The summed E-state index contributed by atoms with van der Waals surface area (Å²) in [7, 11) is 0. The maximum atomic E-state index is 12.4. The van der Waals surface area contributed by atoms with E-state index in [2.05, 4.69) is 27.0 Å². The molecule has 3 aromatic rings. The minimum atomic E-state index is -0.0432. The highest BCUT2D eigenvalue weighted by Gasteiger charge is 2.25. The van der Waals surface area contributed by atoms with Crippen molar-refractivity contribution >= 4 is 34.8 Å². The summed E-state index contributed by atoms with van der Waals surface area (Å²) in [6.45, 7) is 2.84. The van der Waals surface area contributed by atoms with Crippen LogP contribution in [0, 0.1) is 5.92 Å². The van der Waals surface area contributed by atoms with Crippen molar-refractivity contribution in [1.29, 1.82) is 0 Å². The molecular weight excluding hydrogens is 458 g/mol. The van der Waals surface area contributed by atoms with Crippen molar-refractivity contribution in [2.75, 3.05) is 26.2 Å². The largest absolute Gasteiger partial charge is 0.459 e. The molecule has 1 aliphatic rings. The summed E-state index contributed by atoms with van der Waals surface area (Å²) in [4.78, 5) is 28.2. The monoisotopic (exact) mass is 485 g/mol. The fourth-order valence-corrected chi connectivity index (χ4v) is 4.78. The van der Waals surface area contributed by atoms with Gasteiger partial charge >= 0.3 is 0 Å². The lowest BCUT2D eigenvalue weighted by molar-refractivity contribution is -0.126. The number of carbonyl (C=O) groups is 2. The molecule has 1 saturated heterocycles. The van der Waals surface area contributed by atoms with Gasteiger partial charge < -0.3 is 15.1 Å². The molecule has 3 heterocycles. The third-order valence-corrected chi connectivity index (χ3v) is 7.01. The normalized spacial score (nSPS) is 14.8. The average Bonchev–Trinajstić information content (AvgIpc) is 3.51. The Morgan fingerprint density at radius 3 is 2.58 bits per heavy atom. The molecule has 0 spiro atoms. The van der Waals surface area contributed by atoms with Gasteiger partial charge in [-0.15, -0.1) is 11.3 Å². The van der Waals surface area contributed by atoms with Crippen molar-refractivity contribution in [3.8, 4) is 11.3 Å². The van der Waals surface area contributed by atoms with E-state index in [1.54, 1.807) is 11.3 Å². The molecule has 0 saturated carbocycles. The molecule has 2 aromatic heterocycles. The molecule has 2 amide bonds. The number of halogens is 1. The number of carbonyl (C=O) groups excluding carboxylic acids is 2. The lowest BCUT2D eigenvalue weighted by Crippen LogP contribution is -2.44. The van der Waals surface area contributed by atoms with Crippen LogP contribution in [-0.4, -0.2) is 42.9 Å². The summed E-state index contributed by atoms with van der Waals surface area (Å²) < 4.78 is 5.83. The number of nitrogens with zero attached hydrogens (tertiary/aromatic N) is 1. The van der Waals surface area contributed by atoms with Crippen molar-refractivity contribution in [1.82, 2.24) is 15.5 Å². The average molecular weight is 486 g/mol. The van der Waals surface area contributed by atoms with E-state index in [9.17, 15) is 9.59 Å². The molecule has 0 atom stereocenters. The van der Waals surface area contributed by atoms with Crippen LogP contribution in [0.25, 0.3) is 11.3 Å². The van der Waals surface area contributed by atoms with E-state index < -0.39 is 0 Å². The molecule has 1 aromatic carbocycles. The zero-order chi connectivity index (χ0) is 23.0. The molecule has 0 aliphatic carbocycles. The van der Waals surface area contributed by atoms with Gasteiger partial charge in [0, 0.05) is 27.9 Å². The van der Waals surface area contributed by atoms with Gasteiger partial charge in [0.1, 0.15) is 11.5 Å². The van der Waals surface area contributed by atoms with Crippen LogP contribution in [0.4, 0.5) is 0 Å². The number of furan rings is 1. The molecular formula is C25H28ClN3O3S. The summed E-state index contributed by atoms with van der Waals surface area (Å²) in [5.74, 6) is 1.56. The zero-order valence-electron chi connectivity index (χ0n) is 18.4. The topological polar surface area (TPSA) is 74.6 Å². The molecule has 8 heteroatoms. The SMILES string of the molecule is O=C(CN1CCC(C(=O)NCCc2cccs2)CC1)NCc1ccc(-c2ccc(Cl)cc2)o1. The number of nitrogens with one attached hydrogen (secondary N) is 2. The first-order valence-corrected chi connectivity index (χ1v) is 12.5. The van der Waals surface area contributed by atoms with Crippen LogP contribution in [0.1, 0.15) is 23.5 Å². The predicted octanol–water partition coefficient (Wildman–Crippen LogP) is 4.35. The first kappa shape index (κ1) is 23.5. The number of rotatable bonds is 9. The first-order valence-electron chi connectivity index (χ1n) is 11.2. The third-order valence-electron chi connectivity index (χ3n) is 5.83. The fraction of sp³-hybridized carbons (Fsp3) is 0.360. The van der Waals surface area contributed by atoms with Crippen molar-refractivity contribution in [3.05, 3.63) is 69.6 Å². The number of hydrogen-bond acceptors (Lipinski definition) is 5. The van der Waals surface area contributed by atoms with Gasteiger partial charge in [-0.3, -0.25) is 14.5 Å². The van der Waals surface area contributed by atoms with Crippen molar-refractivity contribution < 1.29 is 14.0 Å². The van der Waals surface area contributed by atoms with Crippen LogP contribution < -0.4 is 10.6 Å². The van der Waals surface area contributed by atoms with Gasteiger partial charge in [-0.05, 0) is 80.2 Å². The molecule has 2 N–H and O–H groups in total. The standard InChI is InChI=1S/C25H28ClN3O3S/c26-20-5-3-18(4-6-20)23-8-7-21(32-23)16-28-24(30)17-29-13-10-19(11-14-29)25(31)27-12-9-22-2-1-15-33-22/h1-8,15,19H,9-14,16-17H2,(H,27,31)(H,28,30). The zero-order valence-corrected chi connectivity index (χ0v) is 20.0. The number of likely N-dealkylation sites (tertiary alicyclic amines) is 1. The Morgan fingerprint density at radius 1 is 1.06 bits per heavy atom. The fourth-order valence-electron chi connectivity index (χ4n) is 3.95. The van der Waals surface area contributed by atoms with Crippen LogP contribution in [0.2, 0.25) is 5.02 Å². The third kappa shape index (κ3) is 6.93. The summed E-state index contributed by atoms with van der Waals surface area (Å²) >= 11 is 7.64. The molecule has 0 bridgehead atoms. The van der Waals surface area contributed by atoms with Gasteiger partial charge in [0.05, 0.1) is 13.1 Å². The summed E-state index contributed by atoms with van der Waals surface area (Å²) in [5.41, 5.74) is 0.940. The van der Waals surface area contributed by atoms with E-state index in [0.29, 0.717) is 30.4 Å². The molecule has 1 fully saturated rings. The highest BCUT2D eigenvalue weighted by atomic mass is 35.5. The molecule has 33 heavy (non-hydrogen) atoms. The van der Waals surface area contributed by atoms with Gasteiger partial charge in [-0.2, -0.15) is 0 Å². The van der Waals surface area contributed by atoms with E-state index in [0.717, 1.165) is 43.7 Å². The Morgan fingerprint density at radius 2 is 1.85 bits per heavy atom. The van der Waals surface area contributed by atoms with E-state index in [1.807, 2.05) is 42.5 Å². The van der Waals surface area contributed by atoms with Gasteiger partial charge in [0.15, 0.2) is 0 Å². The Kier molecular flexibility index (Phi) is 8.20. The summed E-state index contributed by atoms with van der Waals surface area (Å²) in [6.07, 6.45) is 2.43. The number of piperidine rings is 1. The molecule has 1 aliphatic heterocycles. The van der Waals surface area contributed by atoms with Crippen LogP contribution >= 0.6 is 22.9 Å². The second kappa shape index (κ2) is 11.5. The molecule has 4 rings (SSSR count). The van der Waals surface area contributed by atoms with E-state index in [-0.39, 0.29) is 17.7 Å². The maximum absolute atomic E-state index is 12.4. The summed E-state index contributed by atoms with van der Waals surface area (Å²) in [6, 6.07) is 15.3. The smallest absolute Gasteiger partial charge is 0.234 e. The number of amides is 2. The van der Waals surface area contributed by atoms with Crippen molar-refractivity contribution in [3.63, 3.8) is 0 Å². The highest BCUT2D eigenvalue weighted by Crippen LogP contribution is 2.24. The Bertz CT molecular complexity index is 1040. The van der Waals surface area contributed by atoms with Gasteiger partial charge in [-0.25, -0.2) is 0 Å². The minimum Gasteiger partial charge on any atom is -0.459 e. The lowest BCUT2D eigenvalue weighted by Gasteiger charge is -2.30. The Balaban J connectivity index is 1.14. The second-order valence-corrected chi connectivity index (χ2v) is 9.69. The predicted molar refractivity (Wildman–Crippen MR) is 131 cm³/mol. The molecule has 0 radical (unpaired) electrons. The number of thiophene rings is 1. The van der Waals surface area contributed by atoms with Crippen molar-refractivity contribution in [2.45, 2.75) is 25.8 Å². The van der Waals surface area contributed by atoms with E-state index >= 15 is 0 Å². The van der Waals surface area contributed by atoms with Crippen molar-refractivity contribution in [2.24, 2.45) is 5.92 Å². The quantitative estimate of drug-likeness (QED) is 0.472. The summed E-state index contributed by atoms with van der Waals surface area (Å²) in [5, 5.41) is 8.71. The van der Waals surface area contributed by atoms with Gasteiger partial charge in [-0.1, -0.05) is 17.7 Å². The van der Waals surface area contributed by atoms with Gasteiger partial charge in [0.2, 0.25) is 11.8 Å². The maximum Gasteiger partial charge on any atom is 0.234 e. The number of hydrogen-bond donors (Lipinski definition) is 2. The minimum absolute atomic E-state index is 0.0297. The number of benzene rings is 1.